The van der Waals surface area contributed by atoms with Crippen molar-refractivity contribution in [3.05, 3.63) is 24.3 Å². The van der Waals surface area contributed by atoms with E-state index in [2.05, 4.69) is 18.6 Å². The third-order valence-electron chi connectivity index (χ3n) is 4.18. The summed E-state index contributed by atoms with van der Waals surface area (Å²) < 4.78 is 49.7. The van der Waals surface area contributed by atoms with Crippen LogP contribution in [0.3, 0.4) is 0 Å². The van der Waals surface area contributed by atoms with Gasteiger partial charge in [0, 0.05) is 6.54 Å². The highest BCUT2D eigenvalue weighted by molar-refractivity contribution is 7.90. The quantitative estimate of drug-likeness (QED) is 0.812. The molecule has 21 heavy (non-hydrogen) atoms. The second kappa shape index (κ2) is 5.35. The van der Waals surface area contributed by atoms with Crippen LogP contribution in [0.1, 0.15) is 26.7 Å². The Bertz CT molecular complexity index is 735. The lowest BCUT2D eigenvalue weighted by Crippen LogP contribution is -2.32. The fraction of sp³-hybridized carbons (Fsp3) is 0.538. The molecule has 3 N–H and O–H groups in total. The molecule has 1 saturated carbocycles. The Hall–Kier alpha value is -0.960. The normalized spacial score (nSPS) is 17.9. The van der Waals surface area contributed by atoms with Crippen LogP contribution in [0.2, 0.25) is 0 Å². The monoisotopic (exact) mass is 332 g/mol. The van der Waals surface area contributed by atoms with Gasteiger partial charge in [0.2, 0.25) is 20.0 Å². The first kappa shape index (κ1) is 16.4. The highest BCUT2D eigenvalue weighted by Gasteiger charge is 2.45. The molecule has 8 heteroatoms. The summed E-state index contributed by atoms with van der Waals surface area (Å²) in [5.74, 6) is 0.399. The first-order valence-corrected chi connectivity index (χ1v) is 9.72. The molecule has 0 unspecified atom stereocenters. The van der Waals surface area contributed by atoms with Gasteiger partial charge >= 0.3 is 0 Å². The van der Waals surface area contributed by atoms with Gasteiger partial charge in [0.15, 0.2) is 0 Å². The molecule has 0 aliphatic heterocycles. The highest BCUT2D eigenvalue weighted by atomic mass is 32.2. The lowest BCUT2D eigenvalue weighted by molar-refractivity contribution is 0.357. The molecule has 1 aromatic rings. The van der Waals surface area contributed by atoms with E-state index in [4.69, 9.17) is 5.14 Å². The van der Waals surface area contributed by atoms with Gasteiger partial charge in [-0.15, -0.1) is 0 Å². The first-order chi connectivity index (χ1) is 9.57. The number of sulfonamides is 2. The molecule has 1 fully saturated rings. The van der Waals surface area contributed by atoms with Gasteiger partial charge in [-0.1, -0.05) is 19.9 Å². The van der Waals surface area contributed by atoms with Crippen LogP contribution in [-0.4, -0.2) is 23.4 Å². The average molecular weight is 332 g/mol. The smallest absolute Gasteiger partial charge is 0.225 e. The lowest BCUT2D eigenvalue weighted by atomic mass is 9.93. The Morgan fingerprint density at radius 3 is 2.24 bits per heavy atom. The van der Waals surface area contributed by atoms with Crippen molar-refractivity contribution in [1.29, 1.82) is 0 Å². The van der Waals surface area contributed by atoms with E-state index >= 15 is 0 Å². The molecule has 2 rings (SSSR count). The maximum absolute atomic E-state index is 12.3. The summed E-state index contributed by atoms with van der Waals surface area (Å²) in [5.41, 5.74) is 0.0324. The fourth-order valence-corrected chi connectivity index (χ4v) is 4.08. The Morgan fingerprint density at radius 1 is 1.19 bits per heavy atom. The topological polar surface area (TPSA) is 106 Å². The summed E-state index contributed by atoms with van der Waals surface area (Å²) in [6, 6.07) is 5.06. The number of hydrogen-bond donors (Lipinski definition) is 2. The Labute approximate surface area is 125 Å². The second-order valence-corrected chi connectivity index (χ2v) is 9.19. The SMILES string of the molecule is CC(C)C1(CNS(=O)(=O)c2cccc(S(N)(=O)=O)c2)CC1. The summed E-state index contributed by atoms with van der Waals surface area (Å²) in [4.78, 5) is -0.302. The second-order valence-electron chi connectivity index (χ2n) is 5.86. The van der Waals surface area contributed by atoms with Crippen LogP contribution in [0, 0.1) is 11.3 Å². The van der Waals surface area contributed by atoms with Gasteiger partial charge in [0.05, 0.1) is 9.79 Å². The van der Waals surface area contributed by atoms with E-state index in [0.29, 0.717) is 12.5 Å². The van der Waals surface area contributed by atoms with Gasteiger partial charge < -0.3 is 0 Å². The first-order valence-electron chi connectivity index (χ1n) is 6.69. The summed E-state index contributed by atoms with van der Waals surface area (Å²) in [5, 5.41) is 5.02. The van der Waals surface area contributed by atoms with E-state index in [1.54, 1.807) is 0 Å². The van der Waals surface area contributed by atoms with Crippen LogP contribution < -0.4 is 9.86 Å². The molecule has 1 aliphatic rings. The standard InChI is InChI=1S/C13H20N2O4S2/c1-10(2)13(6-7-13)9-15-21(18,19)12-5-3-4-11(8-12)20(14,16)17/h3-5,8,10,15H,6-7,9H2,1-2H3,(H2,14,16,17). The summed E-state index contributed by atoms with van der Waals surface area (Å²) in [6.07, 6.45) is 2.01. The minimum atomic E-state index is -3.92. The van der Waals surface area contributed by atoms with Crippen molar-refractivity contribution in [2.75, 3.05) is 6.54 Å². The summed E-state index contributed by atoms with van der Waals surface area (Å²) in [7, 11) is -7.66. The van der Waals surface area contributed by atoms with Gasteiger partial charge in [-0.2, -0.15) is 0 Å². The van der Waals surface area contributed by atoms with Crippen molar-refractivity contribution in [2.24, 2.45) is 16.5 Å². The molecule has 0 aromatic heterocycles. The molecular formula is C13H20N2O4S2. The van der Waals surface area contributed by atoms with E-state index < -0.39 is 20.0 Å². The van der Waals surface area contributed by atoms with E-state index in [-0.39, 0.29) is 15.2 Å². The molecule has 0 spiro atoms. The number of rotatable bonds is 6. The van der Waals surface area contributed by atoms with E-state index in [0.717, 1.165) is 18.9 Å². The van der Waals surface area contributed by atoms with Gasteiger partial charge in [0.25, 0.3) is 0 Å². The van der Waals surface area contributed by atoms with Crippen molar-refractivity contribution in [3.8, 4) is 0 Å². The van der Waals surface area contributed by atoms with E-state index in [9.17, 15) is 16.8 Å². The largest absolute Gasteiger partial charge is 0.240 e. The van der Waals surface area contributed by atoms with Crippen LogP contribution >= 0.6 is 0 Å². The molecule has 0 amide bonds. The minimum absolute atomic E-state index is 0.0324. The molecule has 6 nitrogen and oxygen atoms in total. The molecular weight excluding hydrogens is 312 g/mol. The summed E-state index contributed by atoms with van der Waals surface area (Å²) in [6.45, 7) is 4.51. The zero-order chi connectivity index (χ0) is 15.9. The van der Waals surface area contributed by atoms with Crippen LogP contribution in [0.4, 0.5) is 0 Å². The van der Waals surface area contributed by atoms with Gasteiger partial charge in [-0.05, 0) is 42.4 Å². The van der Waals surface area contributed by atoms with Crippen LogP contribution in [0.5, 0.6) is 0 Å². The maximum Gasteiger partial charge on any atom is 0.240 e. The zero-order valence-corrected chi connectivity index (χ0v) is 13.7. The Kier molecular flexibility index (Phi) is 4.18. The fourth-order valence-electron chi connectivity index (χ4n) is 2.26. The third-order valence-corrected chi connectivity index (χ3v) is 6.49. The number of nitrogens with two attached hydrogens (primary N) is 1. The van der Waals surface area contributed by atoms with Crippen molar-refractivity contribution >= 4 is 20.0 Å². The molecule has 118 valence electrons. The predicted molar refractivity (Wildman–Crippen MR) is 79.5 cm³/mol. The molecule has 0 radical (unpaired) electrons. The van der Waals surface area contributed by atoms with Crippen molar-refractivity contribution in [2.45, 2.75) is 36.5 Å². The lowest BCUT2D eigenvalue weighted by Gasteiger charge is -2.20. The van der Waals surface area contributed by atoms with Crippen LogP contribution in [-0.2, 0) is 20.0 Å². The molecule has 0 bridgehead atoms. The van der Waals surface area contributed by atoms with Crippen LogP contribution in [0.25, 0.3) is 0 Å². The van der Waals surface area contributed by atoms with E-state index in [1.165, 1.54) is 18.2 Å². The number of nitrogens with one attached hydrogen (secondary N) is 1. The van der Waals surface area contributed by atoms with Gasteiger partial charge in [0.1, 0.15) is 0 Å². The molecule has 0 saturated heterocycles. The van der Waals surface area contributed by atoms with Crippen molar-refractivity contribution in [1.82, 2.24) is 4.72 Å². The van der Waals surface area contributed by atoms with Gasteiger partial charge in [-0.25, -0.2) is 26.7 Å². The third kappa shape index (κ3) is 3.63. The number of hydrogen-bond acceptors (Lipinski definition) is 4. The van der Waals surface area contributed by atoms with Crippen LogP contribution in [0.15, 0.2) is 34.1 Å². The van der Waals surface area contributed by atoms with Gasteiger partial charge in [-0.3, -0.25) is 0 Å². The molecule has 0 heterocycles. The van der Waals surface area contributed by atoms with Crippen molar-refractivity contribution in [3.63, 3.8) is 0 Å². The Balaban J connectivity index is 2.21. The number of benzene rings is 1. The maximum atomic E-state index is 12.3. The molecule has 1 aromatic carbocycles. The average Bonchev–Trinajstić information content (AvgIpc) is 3.17. The zero-order valence-electron chi connectivity index (χ0n) is 12.0. The summed E-state index contributed by atoms with van der Waals surface area (Å²) >= 11 is 0. The molecule has 0 atom stereocenters. The predicted octanol–water partition coefficient (Wildman–Crippen LogP) is 1.05. The van der Waals surface area contributed by atoms with E-state index in [1.807, 2.05) is 0 Å². The Morgan fingerprint density at radius 2 is 1.76 bits per heavy atom. The minimum Gasteiger partial charge on any atom is -0.225 e. The highest BCUT2D eigenvalue weighted by Crippen LogP contribution is 2.51. The van der Waals surface area contributed by atoms with Crippen molar-refractivity contribution < 1.29 is 16.8 Å². The number of primary sulfonamides is 1. The molecule has 1 aliphatic carbocycles.